The molecule has 0 aliphatic heterocycles. The molecule has 6 heteroatoms. The monoisotopic (exact) mass is 332 g/mol. The van der Waals surface area contributed by atoms with Gasteiger partial charge < -0.3 is 0 Å². The van der Waals surface area contributed by atoms with E-state index in [9.17, 15) is 0 Å². The van der Waals surface area contributed by atoms with Crippen molar-refractivity contribution in [3.05, 3.63) is 0 Å². The zero-order chi connectivity index (χ0) is 2.71. The summed E-state index contributed by atoms with van der Waals surface area (Å²) in [6.07, 6.45) is 0. The number of hydrogen-bond acceptors (Lipinski definition) is 2. The first-order chi connectivity index (χ1) is 1.41. The summed E-state index contributed by atoms with van der Waals surface area (Å²) < 4.78 is 16.8. The molecule has 0 aromatic carbocycles. The maximum absolute atomic E-state index is 8.40. The molecule has 0 aliphatic rings. The van der Waals surface area contributed by atoms with Crippen LogP contribution in [0.1, 0.15) is 0 Å². The Kier molecular flexibility index (Phi) is 149. The summed E-state index contributed by atoms with van der Waals surface area (Å²) in [6, 6.07) is 0. The normalized spacial score (nSPS) is 1.33. The molecule has 0 heterocycles. The van der Waals surface area contributed by atoms with Crippen molar-refractivity contribution in [3.63, 3.8) is 0 Å². The third-order valence-electron chi connectivity index (χ3n) is 0. The topological polar surface area (TPSA) is 34.1 Å². The van der Waals surface area contributed by atoms with Crippen LogP contribution in [0.2, 0.25) is 0 Å². The molecule has 0 fully saturated rings. The molecule has 0 bridgehead atoms. The van der Waals surface area contributed by atoms with Crippen molar-refractivity contribution in [1.82, 2.24) is 0 Å². The van der Waals surface area contributed by atoms with Crippen molar-refractivity contribution < 1.29 is 48.4 Å². The summed E-state index contributed by atoms with van der Waals surface area (Å²) in [5, 5.41) is 0. The minimum absolute atomic E-state index is 0. The fourth-order valence-corrected chi connectivity index (χ4v) is 0. The Morgan fingerprint density at radius 3 is 1.17 bits per heavy atom. The van der Waals surface area contributed by atoms with Crippen molar-refractivity contribution in [2.45, 2.75) is 0 Å². The second kappa shape index (κ2) is 33.5. The van der Waals surface area contributed by atoms with E-state index in [1.165, 1.54) is 0 Å². The van der Waals surface area contributed by atoms with Gasteiger partial charge in [-0.15, -0.1) is 0 Å². The van der Waals surface area contributed by atoms with E-state index in [-0.39, 0.29) is 50.4 Å². The van der Waals surface area contributed by atoms with Crippen LogP contribution in [-0.2, 0) is 48.4 Å². The molecule has 6 radical (unpaired) electrons. The van der Waals surface area contributed by atoms with Crippen molar-refractivity contribution in [2.75, 3.05) is 0 Å². The summed E-state index contributed by atoms with van der Waals surface area (Å²) in [4.78, 5) is 0. The number of hydrogen-bond donors (Lipinski definition) is 0. The molecule has 0 aliphatic carbocycles. The molecule has 0 unspecified atom stereocenters. The summed E-state index contributed by atoms with van der Waals surface area (Å²) >= 11 is 0. The molecular weight excluding hydrogens is 333 g/mol. The van der Waals surface area contributed by atoms with Gasteiger partial charge in [0.05, 0.1) is 0 Å². The molecule has 0 saturated carbocycles. The minimum atomic E-state index is -1.42. The zero-order valence-electron chi connectivity index (χ0n) is 2.57. The van der Waals surface area contributed by atoms with Crippen LogP contribution in [0.15, 0.2) is 0 Å². The minimum Gasteiger partial charge on any atom is -0.274 e. The smallest absolute Gasteiger partial charge is 0.274 e. The van der Waals surface area contributed by atoms with Gasteiger partial charge in [0.2, 0.25) is 0 Å². The molecule has 0 saturated heterocycles. The second-order valence-electron chi connectivity index (χ2n) is 0.0833. The van der Waals surface area contributed by atoms with Gasteiger partial charge in [0.15, 0.2) is 0 Å². The molecule has 36 valence electrons. The SMILES string of the molecule is O=[Si]=O.[Cu].[Si].[Ta]. The van der Waals surface area contributed by atoms with Crippen molar-refractivity contribution in [1.29, 1.82) is 0 Å². The molecule has 2 nitrogen and oxygen atoms in total. The Balaban J connectivity index is -0.00000000667. The molecule has 0 atom stereocenters. The Morgan fingerprint density at radius 2 is 1.17 bits per heavy atom. The van der Waals surface area contributed by atoms with Gasteiger partial charge in [0.1, 0.15) is 0 Å². The zero-order valence-corrected chi connectivity index (χ0v) is 8.72. The Bertz CT molecular complexity index is 32.5. The quantitative estimate of drug-likeness (QED) is 0.533. The number of rotatable bonds is 0. The summed E-state index contributed by atoms with van der Waals surface area (Å²) in [6.45, 7) is 0. The first-order valence-electron chi connectivity index (χ1n) is 0.408. The Hall–Kier alpha value is 1.29. The van der Waals surface area contributed by atoms with Crippen LogP contribution in [0.25, 0.3) is 0 Å². The first kappa shape index (κ1) is 26.6. The molecule has 0 aromatic rings. The van der Waals surface area contributed by atoms with Gasteiger partial charge >= 0.3 is 9.29 Å². The molecule has 0 spiro atoms. The van der Waals surface area contributed by atoms with E-state index < -0.39 is 9.29 Å². The average molecular weight is 333 g/mol. The van der Waals surface area contributed by atoms with Crippen molar-refractivity contribution in [2.24, 2.45) is 0 Å². The van der Waals surface area contributed by atoms with E-state index in [1.54, 1.807) is 0 Å². The van der Waals surface area contributed by atoms with Gasteiger partial charge in [-0.3, -0.25) is 8.92 Å². The van der Waals surface area contributed by atoms with Crippen molar-refractivity contribution >= 4 is 20.3 Å². The van der Waals surface area contributed by atoms with Crippen LogP contribution >= 0.6 is 0 Å². The second-order valence-corrected chi connectivity index (χ2v) is 0.250. The molecule has 0 amide bonds. The molecule has 0 rings (SSSR count). The molecule has 6 heavy (non-hydrogen) atoms. The first-order valence-corrected chi connectivity index (χ1v) is 1.22. The summed E-state index contributed by atoms with van der Waals surface area (Å²) in [5.41, 5.74) is 0. The van der Waals surface area contributed by atoms with Gasteiger partial charge in [0, 0.05) is 50.4 Å². The van der Waals surface area contributed by atoms with Gasteiger partial charge in [-0.1, -0.05) is 0 Å². The Morgan fingerprint density at radius 1 is 1.17 bits per heavy atom. The van der Waals surface area contributed by atoms with E-state index in [0.717, 1.165) is 0 Å². The van der Waals surface area contributed by atoms with Gasteiger partial charge in [-0.05, 0) is 0 Å². The van der Waals surface area contributed by atoms with E-state index >= 15 is 0 Å². The third kappa shape index (κ3) is 58.3. The van der Waals surface area contributed by atoms with E-state index in [1.807, 2.05) is 0 Å². The van der Waals surface area contributed by atoms with E-state index in [2.05, 4.69) is 0 Å². The van der Waals surface area contributed by atoms with Crippen LogP contribution in [-0.4, -0.2) is 20.3 Å². The predicted octanol–water partition coefficient (Wildman–Crippen LogP) is -1.00. The predicted molar refractivity (Wildman–Crippen MR) is 12.9 cm³/mol. The van der Waals surface area contributed by atoms with Crippen molar-refractivity contribution in [3.8, 4) is 0 Å². The fraction of sp³-hybridized carbons (Fsp3) is 0. The summed E-state index contributed by atoms with van der Waals surface area (Å²) in [5.74, 6) is 0. The molecular formula is CuO2Si2Ta. The van der Waals surface area contributed by atoms with Crippen LogP contribution in [0.4, 0.5) is 0 Å². The standard InChI is InChI=1S/Cu.O2Si.Si.Ta/c;1-3-2;;. The van der Waals surface area contributed by atoms with E-state index in [0.29, 0.717) is 0 Å². The molecule has 0 aromatic heterocycles. The van der Waals surface area contributed by atoms with Crippen LogP contribution < -0.4 is 0 Å². The van der Waals surface area contributed by atoms with Crippen LogP contribution in [0.3, 0.4) is 0 Å². The molecule has 0 N–H and O–H groups in total. The largest absolute Gasteiger partial charge is 0.549 e. The Labute approximate surface area is 68.4 Å². The third-order valence-corrected chi connectivity index (χ3v) is 0. The fourth-order valence-electron chi connectivity index (χ4n) is 0. The van der Waals surface area contributed by atoms with Crippen LogP contribution in [0, 0.1) is 0 Å². The maximum atomic E-state index is 8.40. The maximum Gasteiger partial charge on any atom is 0.549 e. The van der Waals surface area contributed by atoms with Gasteiger partial charge in [0.25, 0.3) is 0 Å². The van der Waals surface area contributed by atoms with Gasteiger partial charge in [-0.25, -0.2) is 0 Å². The van der Waals surface area contributed by atoms with Crippen LogP contribution in [0.5, 0.6) is 0 Å². The van der Waals surface area contributed by atoms with Gasteiger partial charge in [-0.2, -0.15) is 0 Å². The average Bonchev–Trinajstić information content (AvgIpc) is 0.918. The summed E-state index contributed by atoms with van der Waals surface area (Å²) in [7, 11) is -1.42. The van der Waals surface area contributed by atoms with E-state index in [4.69, 9.17) is 8.92 Å².